The van der Waals surface area contributed by atoms with Crippen LogP contribution in [-0.2, 0) is 9.53 Å². The Morgan fingerprint density at radius 2 is 1.67 bits per heavy atom. The van der Waals surface area contributed by atoms with Crippen LogP contribution in [0.4, 0.5) is 0 Å². The maximum atomic E-state index is 12.3. The number of benzene rings is 2. The van der Waals surface area contributed by atoms with Crippen LogP contribution in [0.15, 0.2) is 54.7 Å². The molecule has 3 aromatic rings. The molecule has 0 aliphatic carbocycles. The van der Waals surface area contributed by atoms with Gasteiger partial charge in [0.05, 0.1) is 17.4 Å². The molecule has 0 amide bonds. The Hall–Kier alpha value is -2.50. The molecule has 1 atom stereocenters. The maximum Gasteiger partial charge on any atom is 0.313 e. The fraction of sp³-hybridized carbons (Fsp3) is 0.360. The van der Waals surface area contributed by atoms with Crippen LogP contribution in [0, 0.1) is 5.92 Å². The average molecular weight is 421 g/mol. The second-order valence-corrected chi connectivity index (χ2v) is 9.34. The van der Waals surface area contributed by atoms with Crippen molar-refractivity contribution in [1.82, 2.24) is 10.3 Å². The highest BCUT2D eigenvalue weighted by atomic mass is 32.1. The van der Waals surface area contributed by atoms with E-state index in [9.17, 15) is 4.79 Å². The van der Waals surface area contributed by atoms with Gasteiger partial charge in [0.1, 0.15) is 5.01 Å². The van der Waals surface area contributed by atoms with Gasteiger partial charge in [-0.05, 0) is 29.5 Å². The van der Waals surface area contributed by atoms with Crippen molar-refractivity contribution in [3.05, 3.63) is 65.9 Å². The van der Waals surface area contributed by atoms with Crippen molar-refractivity contribution in [2.75, 3.05) is 19.7 Å². The molecule has 4 rings (SSSR count). The molecule has 1 aliphatic rings. The minimum atomic E-state index is -0.265. The molecular weight excluding hydrogens is 392 g/mol. The largest absolute Gasteiger partial charge is 0.465 e. The lowest BCUT2D eigenvalue weighted by molar-refractivity contribution is -0.146. The summed E-state index contributed by atoms with van der Waals surface area (Å²) in [6.07, 6.45) is 1.94. The van der Waals surface area contributed by atoms with Crippen LogP contribution in [0.3, 0.4) is 0 Å². The third-order valence-corrected chi connectivity index (χ3v) is 6.80. The maximum absolute atomic E-state index is 12.3. The van der Waals surface area contributed by atoms with E-state index in [1.165, 1.54) is 11.1 Å². The van der Waals surface area contributed by atoms with Gasteiger partial charge >= 0.3 is 5.97 Å². The fourth-order valence-corrected chi connectivity index (χ4v) is 4.34. The molecule has 0 saturated carbocycles. The Balaban J connectivity index is 1.42. The summed E-state index contributed by atoms with van der Waals surface area (Å²) < 4.78 is 5.46. The van der Waals surface area contributed by atoms with E-state index in [2.05, 4.69) is 48.4 Å². The van der Waals surface area contributed by atoms with Gasteiger partial charge < -0.3 is 10.1 Å². The lowest BCUT2D eigenvalue weighted by Crippen LogP contribution is -2.44. The number of ether oxygens (including phenoxy) is 1. The van der Waals surface area contributed by atoms with E-state index in [1.54, 1.807) is 11.3 Å². The number of esters is 1. The molecule has 0 spiro atoms. The molecule has 30 heavy (non-hydrogen) atoms. The molecule has 4 nitrogen and oxygen atoms in total. The van der Waals surface area contributed by atoms with Crippen LogP contribution < -0.4 is 5.32 Å². The van der Waals surface area contributed by atoms with Gasteiger partial charge in [-0.1, -0.05) is 62.4 Å². The first kappa shape index (κ1) is 20.8. The van der Waals surface area contributed by atoms with Crippen molar-refractivity contribution >= 4 is 17.3 Å². The first-order chi connectivity index (χ1) is 14.5. The molecule has 2 heterocycles. The number of nitrogens with zero attached hydrogens (tertiary/aromatic N) is 1. The van der Waals surface area contributed by atoms with Crippen molar-refractivity contribution in [2.24, 2.45) is 5.92 Å². The Kier molecular flexibility index (Phi) is 6.30. The number of hydrogen-bond acceptors (Lipinski definition) is 5. The minimum Gasteiger partial charge on any atom is -0.465 e. The number of carbonyl (C=O) groups is 1. The van der Waals surface area contributed by atoms with Crippen LogP contribution in [-0.4, -0.2) is 30.6 Å². The smallest absolute Gasteiger partial charge is 0.313 e. The molecule has 1 aliphatic heterocycles. The van der Waals surface area contributed by atoms with Gasteiger partial charge in [0, 0.05) is 30.8 Å². The standard InChI is InChI=1S/C25H28N2O2S/c1-16(2)19-4-8-21(9-5-19)23-14-27-24(30-23)22-10-6-20(7-11-22)17(3)25(28)29-15-18-12-26-13-18/h4-11,14,16-18,26H,12-13,15H2,1-3H3. The van der Waals surface area contributed by atoms with Gasteiger partial charge in [-0.3, -0.25) is 4.79 Å². The first-order valence-corrected chi connectivity index (χ1v) is 11.4. The van der Waals surface area contributed by atoms with Crippen molar-refractivity contribution in [1.29, 1.82) is 0 Å². The number of nitrogens with one attached hydrogen (secondary N) is 1. The monoisotopic (exact) mass is 420 g/mol. The zero-order chi connectivity index (χ0) is 21.1. The van der Waals surface area contributed by atoms with E-state index >= 15 is 0 Å². The molecule has 1 fully saturated rings. The Morgan fingerprint density at radius 3 is 2.27 bits per heavy atom. The normalized spacial score (nSPS) is 15.1. The number of thiazole rings is 1. The average Bonchev–Trinajstić information content (AvgIpc) is 3.22. The molecule has 1 saturated heterocycles. The van der Waals surface area contributed by atoms with Crippen LogP contribution >= 0.6 is 11.3 Å². The van der Waals surface area contributed by atoms with Crippen LogP contribution in [0.5, 0.6) is 0 Å². The lowest BCUT2D eigenvalue weighted by Gasteiger charge is -2.26. The van der Waals surface area contributed by atoms with Crippen LogP contribution in [0.1, 0.15) is 43.7 Å². The van der Waals surface area contributed by atoms with Gasteiger partial charge in [-0.2, -0.15) is 0 Å². The zero-order valence-electron chi connectivity index (χ0n) is 17.7. The quantitative estimate of drug-likeness (QED) is 0.515. The van der Waals surface area contributed by atoms with E-state index in [0.717, 1.165) is 34.1 Å². The summed E-state index contributed by atoms with van der Waals surface area (Å²) in [6.45, 7) is 8.70. The van der Waals surface area contributed by atoms with Gasteiger partial charge in [0.2, 0.25) is 0 Å². The van der Waals surface area contributed by atoms with Crippen LogP contribution in [0.2, 0.25) is 0 Å². The number of aromatic nitrogens is 1. The third-order valence-electron chi connectivity index (χ3n) is 5.71. The topological polar surface area (TPSA) is 51.2 Å². The van der Waals surface area contributed by atoms with Crippen molar-refractivity contribution in [3.8, 4) is 21.0 Å². The zero-order valence-corrected chi connectivity index (χ0v) is 18.5. The molecule has 5 heteroatoms. The second kappa shape index (κ2) is 9.11. The Labute approximate surface area is 182 Å². The molecule has 0 bridgehead atoms. The summed E-state index contributed by atoms with van der Waals surface area (Å²) in [5.41, 5.74) is 4.57. The molecule has 156 valence electrons. The van der Waals surface area contributed by atoms with Gasteiger partial charge in [0.25, 0.3) is 0 Å². The molecule has 1 aromatic heterocycles. The SMILES string of the molecule is CC(C)c1ccc(-c2cnc(-c3ccc(C(C)C(=O)OCC4CNC4)cc3)s2)cc1. The molecule has 1 unspecified atom stereocenters. The molecule has 0 radical (unpaired) electrons. The highest BCUT2D eigenvalue weighted by molar-refractivity contribution is 7.18. The lowest BCUT2D eigenvalue weighted by atomic mass is 10.00. The van der Waals surface area contributed by atoms with Gasteiger partial charge in [0.15, 0.2) is 0 Å². The summed E-state index contributed by atoms with van der Waals surface area (Å²) in [6, 6.07) is 16.8. The second-order valence-electron chi connectivity index (χ2n) is 8.30. The van der Waals surface area contributed by atoms with E-state index in [4.69, 9.17) is 4.74 Å². The number of hydrogen-bond donors (Lipinski definition) is 1. The minimum absolute atomic E-state index is 0.156. The van der Waals surface area contributed by atoms with Crippen molar-refractivity contribution < 1.29 is 9.53 Å². The van der Waals surface area contributed by atoms with Crippen molar-refractivity contribution in [2.45, 2.75) is 32.6 Å². The third kappa shape index (κ3) is 4.63. The van der Waals surface area contributed by atoms with Gasteiger partial charge in [-0.15, -0.1) is 11.3 Å². The van der Waals surface area contributed by atoms with E-state index in [-0.39, 0.29) is 11.9 Å². The molecule has 2 aromatic carbocycles. The summed E-state index contributed by atoms with van der Waals surface area (Å²) in [7, 11) is 0. The predicted octanol–water partition coefficient (Wildman–Crippen LogP) is 5.47. The summed E-state index contributed by atoms with van der Waals surface area (Å²) in [5.74, 6) is 0.572. The number of carbonyl (C=O) groups excluding carboxylic acids is 1. The summed E-state index contributed by atoms with van der Waals surface area (Å²) in [4.78, 5) is 18.1. The van der Waals surface area contributed by atoms with E-state index in [0.29, 0.717) is 18.4 Å². The highest BCUT2D eigenvalue weighted by Gasteiger charge is 2.22. The van der Waals surface area contributed by atoms with Crippen molar-refractivity contribution in [3.63, 3.8) is 0 Å². The molecule has 1 N–H and O–H groups in total. The molecular formula is C25H28N2O2S. The Morgan fingerprint density at radius 1 is 1.03 bits per heavy atom. The highest BCUT2D eigenvalue weighted by Crippen LogP contribution is 2.33. The van der Waals surface area contributed by atoms with E-state index < -0.39 is 0 Å². The van der Waals surface area contributed by atoms with E-state index in [1.807, 2.05) is 37.4 Å². The Bertz CT molecular complexity index is 989. The summed E-state index contributed by atoms with van der Waals surface area (Å²) in [5, 5.41) is 4.17. The van der Waals surface area contributed by atoms with Crippen LogP contribution in [0.25, 0.3) is 21.0 Å². The number of rotatable bonds is 7. The first-order valence-electron chi connectivity index (χ1n) is 10.5. The fourth-order valence-electron chi connectivity index (χ4n) is 3.42. The summed E-state index contributed by atoms with van der Waals surface area (Å²) >= 11 is 1.69. The predicted molar refractivity (Wildman–Crippen MR) is 123 cm³/mol. The van der Waals surface area contributed by atoms with Gasteiger partial charge in [-0.25, -0.2) is 4.98 Å².